The molecule has 40 heavy (non-hydrogen) atoms. The van der Waals surface area contributed by atoms with Crippen molar-refractivity contribution in [2.75, 3.05) is 35.2 Å². The molecule has 0 saturated carbocycles. The number of aromatic nitrogens is 4. The number of aromatic hydroxyl groups is 1. The summed E-state index contributed by atoms with van der Waals surface area (Å²) in [6, 6.07) is 18.1. The maximum atomic E-state index is 10.3. The largest absolute Gasteiger partial charge is 0.507 e. The summed E-state index contributed by atoms with van der Waals surface area (Å²) in [7, 11) is 0. The molecule has 3 N–H and O–H groups in total. The molecule has 0 spiro atoms. The van der Waals surface area contributed by atoms with Gasteiger partial charge in [0.05, 0.1) is 23.6 Å². The molecule has 2 atom stereocenters. The van der Waals surface area contributed by atoms with Gasteiger partial charge >= 0.3 is 0 Å². The van der Waals surface area contributed by atoms with Gasteiger partial charge in [0.15, 0.2) is 5.82 Å². The van der Waals surface area contributed by atoms with Crippen molar-refractivity contribution in [3.05, 3.63) is 83.9 Å². The van der Waals surface area contributed by atoms with Gasteiger partial charge in [-0.1, -0.05) is 24.1 Å². The molecular formula is C31H30N8O. The van der Waals surface area contributed by atoms with Crippen LogP contribution in [0, 0.1) is 11.8 Å². The Morgan fingerprint density at radius 1 is 0.925 bits per heavy atom. The average molecular weight is 531 g/mol. The molecule has 200 valence electrons. The fourth-order valence-corrected chi connectivity index (χ4v) is 6.26. The van der Waals surface area contributed by atoms with E-state index in [1.165, 1.54) is 11.3 Å². The lowest BCUT2D eigenvalue weighted by molar-refractivity contribution is 0.320. The van der Waals surface area contributed by atoms with Crippen LogP contribution in [-0.2, 0) is 13.1 Å². The van der Waals surface area contributed by atoms with Crippen LogP contribution in [0.2, 0.25) is 0 Å². The summed E-state index contributed by atoms with van der Waals surface area (Å²) < 4.78 is 0. The molecule has 6 heterocycles. The van der Waals surface area contributed by atoms with Crippen LogP contribution in [0.15, 0.2) is 67.0 Å². The van der Waals surface area contributed by atoms with Gasteiger partial charge in [-0.15, -0.1) is 10.2 Å². The van der Waals surface area contributed by atoms with E-state index in [0.29, 0.717) is 35.7 Å². The van der Waals surface area contributed by atoms with E-state index in [0.717, 1.165) is 56.1 Å². The number of nitrogens with zero attached hydrogens (tertiary/aromatic N) is 7. The first kappa shape index (κ1) is 24.4. The van der Waals surface area contributed by atoms with Gasteiger partial charge in [0, 0.05) is 61.9 Å². The van der Waals surface area contributed by atoms with Crippen molar-refractivity contribution in [2.24, 2.45) is 0 Å². The van der Waals surface area contributed by atoms with E-state index < -0.39 is 0 Å². The van der Waals surface area contributed by atoms with Crippen molar-refractivity contribution >= 4 is 17.2 Å². The topological polar surface area (TPSA) is 108 Å². The molecule has 2 saturated heterocycles. The molecule has 4 aromatic rings. The number of phenolic OH excluding ortho intramolecular Hbond substituents is 1. The molecule has 2 fully saturated rings. The van der Waals surface area contributed by atoms with Crippen LogP contribution in [0.3, 0.4) is 0 Å². The second-order valence-electron chi connectivity index (χ2n) is 10.7. The van der Waals surface area contributed by atoms with Crippen molar-refractivity contribution < 1.29 is 5.11 Å². The first-order valence-corrected chi connectivity index (χ1v) is 13.7. The van der Waals surface area contributed by atoms with E-state index in [1.807, 2.05) is 36.7 Å². The highest BCUT2D eigenvalue weighted by Crippen LogP contribution is 2.39. The van der Waals surface area contributed by atoms with Gasteiger partial charge < -0.3 is 20.6 Å². The number of nitrogen functional groups attached to an aromatic ring is 1. The summed E-state index contributed by atoms with van der Waals surface area (Å²) in [5.74, 6) is 7.19. The van der Waals surface area contributed by atoms with Crippen molar-refractivity contribution in [3.8, 4) is 28.8 Å². The van der Waals surface area contributed by atoms with Gasteiger partial charge in [0.2, 0.25) is 0 Å². The Morgan fingerprint density at radius 3 is 2.60 bits per heavy atom. The second-order valence-corrected chi connectivity index (χ2v) is 10.7. The number of benzene rings is 1. The molecule has 9 heteroatoms. The maximum absolute atomic E-state index is 10.3. The fourth-order valence-electron chi connectivity index (χ4n) is 6.26. The molecule has 2 unspecified atom stereocenters. The Hall–Kier alpha value is -4.68. The zero-order chi connectivity index (χ0) is 27.1. The lowest BCUT2D eigenvalue weighted by Crippen LogP contribution is -2.54. The monoisotopic (exact) mass is 530 g/mol. The number of nitrogens with two attached hydrogens (primary N) is 1. The first-order chi connectivity index (χ1) is 19.6. The van der Waals surface area contributed by atoms with Crippen molar-refractivity contribution in [1.29, 1.82) is 0 Å². The molecule has 0 aliphatic carbocycles. The lowest BCUT2D eigenvalue weighted by Gasteiger charge is -2.43. The lowest BCUT2D eigenvalue weighted by atomic mass is 10.1. The second kappa shape index (κ2) is 10.1. The van der Waals surface area contributed by atoms with Crippen LogP contribution >= 0.6 is 0 Å². The van der Waals surface area contributed by atoms with E-state index in [2.05, 4.69) is 64.9 Å². The van der Waals surface area contributed by atoms with Crippen molar-refractivity contribution in [3.63, 3.8) is 0 Å². The number of phenols is 1. The van der Waals surface area contributed by atoms with Crippen LogP contribution in [0.1, 0.15) is 29.8 Å². The predicted octanol–water partition coefficient (Wildman–Crippen LogP) is 3.45. The van der Waals surface area contributed by atoms with Crippen LogP contribution in [0.25, 0.3) is 11.3 Å². The molecule has 3 aliphatic heterocycles. The Kier molecular flexibility index (Phi) is 6.17. The van der Waals surface area contributed by atoms with Crippen LogP contribution in [-0.4, -0.2) is 61.9 Å². The van der Waals surface area contributed by atoms with E-state index >= 15 is 0 Å². The molecule has 2 bridgehead atoms. The molecule has 0 amide bonds. The first-order valence-electron chi connectivity index (χ1n) is 13.7. The molecule has 1 aromatic carbocycles. The number of para-hydroxylation sites is 1. The highest BCUT2D eigenvalue weighted by molar-refractivity contribution is 5.74. The third kappa shape index (κ3) is 4.56. The number of rotatable bonds is 4. The highest BCUT2D eigenvalue weighted by Gasteiger charge is 2.40. The molecule has 3 aromatic heterocycles. The number of pyridine rings is 2. The van der Waals surface area contributed by atoms with Gasteiger partial charge in [0.1, 0.15) is 11.4 Å². The van der Waals surface area contributed by atoms with E-state index in [-0.39, 0.29) is 5.75 Å². The van der Waals surface area contributed by atoms with Gasteiger partial charge in [-0.3, -0.25) is 9.88 Å². The minimum atomic E-state index is 0.177. The number of anilines is 3. The third-order valence-corrected chi connectivity index (χ3v) is 8.12. The van der Waals surface area contributed by atoms with E-state index in [9.17, 15) is 5.11 Å². The minimum absolute atomic E-state index is 0.177. The normalized spacial score (nSPS) is 19.8. The van der Waals surface area contributed by atoms with Crippen LogP contribution in [0.4, 0.5) is 17.2 Å². The average Bonchev–Trinajstić information content (AvgIpc) is 3.51. The minimum Gasteiger partial charge on any atom is -0.507 e. The smallest absolute Gasteiger partial charge is 0.169 e. The van der Waals surface area contributed by atoms with Crippen LogP contribution < -0.4 is 15.5 Å². The summed E-state index contributed by atoms with van der Waals surface area (Å²) >= 11 is 0. The Bertz CT molecular complexity index is 1590. The van der Waals surface area contributed by atoms with Gasteiger partial charge in [-0.2, -0.15) is 0 Å². The number of hydrogen-bond donors (Lipinski definition) is 2. The quantitative estimate of drug-likeness (QED) is 0.384. The molecule has 0 radical (unpaired) electrons. The Labute approximate surface area is 233 Å². The molecule has 7 rings (SSSR count). The predicted molar refractivity (Wildman–Crippen MR) is 155 cm³/mol. The van der Waals surface area contributed by atoms with Crippen molar-refractivity contribution in [2.45, 2.75) is 38.0 Å². The summed E-state index contributed by atoms with van der Waals surface area (Å²) in [6.45, 7) is 4.09. The van der Waals surface area contributed by atoms with E-state index in [1.54, 1.807) is 12.1 Å². The Balaban J connectivity index is 1.06. The zero-order valence-electron chi connectivity index (χ0n) is 22.1. The summed E-state index contributed by atoms with van der Waals surface area (Å²) in [6.07, 6.45) is 5.94. The SMILES string of the molecule is Nc1nnc(-c2ccccc2O)cc1N1CC2CCC(C1)N2c1ccnc(C#CCN2Cc3cccnc3C2)c1. The van der Waals surface area contributed by atoms with Gasteiger partial charge in [-0.05, 0) is 60.7 Å². The molecular weight excluding hydrogens is 500 g/mol. The third-order valence-electron chi connectivity index (χ3n) is 8.12. The van der Waals surface area contributed by atoms with E-state index in [4.69, 9.17) is 5.73 Å². The number of hydrogen-bond acceptors (Lipinski definition) is 9. The standard InChI is InChI=1S/C31H30N8O/c32-31-29(16-27(35-36-31)26-7-1-2-8-30(26)40)38-18-24-9-10-25(19-38)39(24)23-11-13-33-22(15-23)6-4-14-37-17-21-5-3-12-34-28(21)20-37/h1-3,5,7-8,11-13,15-16,24-25,40H,9-10,14,17-20H2,(H2,32,36). The molecule has 3 aliphatic rings. The van der Waals surface area contributed by atoms with Crippen LogP contribution in [0.5, 0.6) is 5.75 Å². The summed E-state index contributed by atoms with van der Waals surface area (Å²) in [5, 5.41) is 18.8. The Morgan fingerprint density at radius 2 is 1.77 bits per heavy atom. The number of fused-ring (bicyclic) bond motifs is 3. The molecule has 9 nitrogen and oxygen atoms in total. The zero-order valence-corrected chi connectivity index (χ0v) is 22.1. The van der Waals surface area contributed by atoms with Gasteiger partial charge in [-0.25, -0.2) is 4.98 Å². The number of piperazine rings is 1. The highest BCUT2D eigenvalue weighted by atomic mass is 16.3. The summed E-state index contributed by atoms with van der Waals surface area (Å²) in [4.78, 5) is 16.2. The van der Waals surface area contributed by atoms with Gasteiger partial charge in [0.25, 0.3) is 0 Å². The van der Waals surface area contributed by atoms with Crippen molar-refractivity contribution in [1.82, 2.24) is 25.1 Å². The maximum Gasteiger partial charge on any atom is 0.169 e. The summed E-state index contributed by atoms with van der Waals surface area (Å²) in [5.41, 5.74) is 12.8. The fraction of sp³-hybridized carbons (Fsp3) is 0.290.